The Bertz CT molecular complexity index is 2810. The van der Waals surface area contributed by atoms with Crippen LogP contribution in [0.1, 0.15) is 0 Å². The molecule has 0 radical (unpaired) electrons. The van der Waals surface area contributed by atoms with Crippen LogP contribution in [-0.4, -0.2) is 4.57 Å². The number of hydrogen-bond donors (Lipinski definition) is 0. The summed E-state index contributed by atoms with van der Waals surface area (Å²) in [6.45, 7) is 0. The maximum Gasteiger partial charge on any atom is 0.137 e. The van der Waals surface area contributed by atoms with E-state index in [1.54, 1.807) is 0 Å². The van der Waals surface area contributed by atoms with Crippen molar-refractivity contribution in [2.75, 3.05) is 4.90 Å². The molecule has 0 amide bonds. The molecule has 3 heteroatoms. The van der Waals surface area contributed by atoms with Crippen LogP contribution in [0.5, 0.6) is 0 Å². The minimum Gasteiger partial charge on any atom is -0.456 e. The highest BCUT2D eigenvalue weighted by Gasteiger charge is 2.22. The summed E-state index contributed by atoms with van der Waals surface area (Å²) >= 11 is 0. The molecule has 2 aromatic heterocycles. The third-order valence-electron chi connectivity index (χ3n) is 9.74. The number of furan rings is 1. The van der Waals surface area contributed by atoms with Gasteiger partial charge in [0.25, 0.3) is 0 Å². The summed E-state index contributed by atoms with van der Waals surface area (Å²) in [5.41, 5.74) is 10.8. The van der Waals surface area contributed by atoms with Gasteiger partial charge in [0.2, 0.25) is 0 Å². The van der Waals surface area contributed by atoms with Gasteiger partial charge in [-0.05, 0) is 88.6 Å². The lowest BCUT2D eigenvalue weighted by Gasteiger charge is -2.27. The van der Waals surface area contributed by atoms with Crippen LogP contribution >= 0.6 is 0 Å². The predicted molar refractivity (Wildman–Crippen MR) is 206 cm³/mol. The van der Waals surface area contributed by atoms with Crippen molar-refractivity contribution in [2.24, 2.45) is 0 Å². The van der Waals surface area contributed by atoms with E-state index in [0.717, 1.165) is 50.2 Å². The first kappa shape index (κ1) is 27.5. The van der Waals surface area contributed by atoms with Gasteiger partial charge in [0.05, 0.1) is 22.1 Å². The molecule has 0 aliphatic carbocycles. The minimum absolute atomic E-state index is 0.869. The van der Waals surface area contributed by atoms with Gasteiger partial charge >= 0.3 is 0 Å². The second-order valence-corrected chi connectivity index (χ2v) is 12.6. The average molecular weight is 627 g/mol. The Morgan fingerprint density at radius 3 is 1.88 bits per heavy atom. The SMILES string of the molecule is c1ccc(-c2ccc(N(c3ccc4c5ccccc5n(-c5ccccc5)c4c3)c3cccc4oc5cc6ccccc6cc5c34)cc2)cc1. The van der Waals surface area contributed by atoms with Gasteiger partial charge in [-0.1, -0.05) is 115 Å². The first-order valence-electron chi connectivity index (χ1n) is 16.7. The standard InChI is InChI=1S/C46H30N2O/c1-3-12-31(13-4-1)32-22-24-36(25-23-32)47(42-20-11-21-44-46(42)40-28-33-14-7-8-15-34(33)29-45(40)49-44)37-26-27-39-38-18-9-10-19-41(38)48(43(39)30-37)35-16-5-2-6-17-35/h1-30H. The molecule has 10 rings (SSSR count). The van der Waals surface area contributed by atoms with Gasteiger partial charge < -0.3 is 13.9 Å². The zero-order valence-electron chi connectivity index (χ0n) is 26.6. The summed E-state index contributed by atoms with van der Waals surface area (Å²) in [4.78, 5) is 2.38. The maximum absolute atomic E-state index is 6.56. The van der Waals surface area contributed by atoms with Crippen molar-refractivity contribution in [1.82, 2.24) is 4.57 Å². The fraction of sp³-hybridized carbons (Fsp3) is 0. The highest BCUT2D eigenvalue weighted by atomic mass is 16.3. The van der Waals surface area contributed by atoms with Crippen molar-refractivity contribution in [2.45, 2.75) is 0 Å². The molecule has 0 spiro atoms. The lowest BCUT2D eigenvalue weighted by molar-refractivity contribution is 0.669. The molecule has 0 fully saturated rings. The summed E-state index contributed by atoms with van der Waals surface area (Å²) in [6.07, 6.45) is 0. The number of hydrogen-bond acceptors (Lipinski definition) is 2. The first-order valence-corrected chi connectivity index (χ1v) is 16.7. The maximum atomic E-state index is 6.56. The number of para-hydroxylation sites is 2. The Morgan fingerprint density at radius 2 is 1.06 bits per heavy atom. The number of nitrogens with zero attached hydrogens (tertiary/aromatic N) is 2. The van der Waals surface area contributed by atoms with Crippen LogP contribution in [-0.2, 0) is 0 Å². The van der Waals surface area contributed by atoms with Gasteiger partial charge in [0, 0.05) is 33.2 Å². The molecule has 2 heterocycles. The lowest BCUT2D eigenvalue weighted by atomic mass is 10.0. The van der Waals surface area contributed by atoms with E-state index in [1.807, 2.05) is 0 Å². The molecule has 0 unspecified atom stereocenters. The zero-order chi connectivity index (χ0) is 32.3. The number of rotatable bonds is 5. The molecule has 230 valence electrons. The van der Waals surface area contributed by atoms with Crippen LogP contribution in [0, 0.1) is 0 Å². The van der Waals surface area contributed by atoms with Gasteiger partial charge in [-0.3, -0.25) is 0 Å². The average Bonchev–Trinajstić information content (AvgIpc) is 3.70. The number of benzene rings is 8. The van der Waals surface area contributed by atoms with Gasteiger partial charge in [-0.15, -0.1) is 0 Å². The molecule has 0 saturated carbocycles. The van der Waals surface area contributed by atoms with Gasteiger partial charge in [-0.25, -0.2) is 0 Å². The van der Waals surface area contributed by atoms with E-state index in [-0.39, 0.29) is 0 Å². The Balaban J connectivity index is 1.25. The molecule has 0 bridgehead atoms. The highest BCUT2D eigenvalue weighted by Crippen LogP contribution is 2.45. The van der Waals surface area contributed by atoms with Crippen LogP contribution < -0.4 is 4.90 Å². The van der Waals surface area contributed by atoms with E-state index in [9.17, 15) is 0 Å². The summed E-state index contributed by atoms with van der Waals surface area (Å²) < 4.78 is 8.94. The van der Waals surface area contributed by atoms with Gasteiger partial charge in [0.15, 0.2) is 0 Å². The van der Waals surface area contributed by atoms with E-state index in [4.69, 9.17) is 4.42 Å². The molecule has 0 N–H and O–H groups in total. The number of anilines is 3. The van der Waals surface area contributed by atoms with E-state index in [0.29, 0.717) is 0 Å². The van der Waals surface area contributed by atoms with Gasteiger partial charge in [-0.2, -0.15) is 0 Å². The molecule has 3 nitrogen and oxygen atoms in total. The Morgan fingerprint density at radius 1 is 0.408 bits per heavy atom. The molecule has 10 aromatic rings. The van der Waals surface area contributed by atoms with Crippen molar-refractivity contribution < 1.29 is 4.42 Å². The third kappa shape index (κ3) is 4.44. The quantitative estimate of drug-likeness (QED) is 0.190. The van der Waals surface area contributed by atoms with E-state index in [2.05, 4.69) is 191 Å². The summed E-state index contributed by atoms with van der Waals surface area (Å²) in [7, 11) is 0. The van der Waals surface area contributed by atoms with Crippen molar-refractivity contribution >= 4 is 71.6 Å². The monoisotopic (exact) mass is 626 g/mol. The topological polar surface area (TPSA) is 21.3 Å². The highest BCUT2D eigenvalue weighted by molar-refractivity contribution is 6.17. The van der Waals surface area contributed by atoms with Crippen LogP contribution in [0.4, 0.5) is 17.1 Å². The first-order chi connectivity index (χ1) is 24.3. The van der Waals surface area contributed by atoms with Crippen molar-refractivity contribution in [3.63, 3.8) is 0 Å². The van der Waals surface area contributed by atoms with E-state index < -0.39 is 0 Å². The minimum atomic E-state index is 0.869. The molecule has 0 atom stereocenters. The van der Waals surface area contributed by atoms with Crippen molar-refractivity contribution in [1.29, 1.82) is 0 Å². The normalized spacial score (nSPS) is 11.7. The van der Waals surface area contributed by atoms with Crippen LogP contribution in [0.15, 0.2) is 186 Å². The second kappa shape index (κ2) is 11.0. The Hall–Kier alpha value is -6.58. The van der Waals surface area contributed by atoms with Gasteiger partial charge in [0.1, 0.15) is 11.2 Å². The van der Waals surface area contributed by atoms with Crippen LogP contribution in [0.25, 0.3) is 71.3 Å². The van der Waals surface area contributed by atoms with E-state index >= 15 is 0 Å². The van der Waals surface area contributed by atoms with Crippen molar-refractivity contribution in [3.05, 3.63) is 182 Å². The number of fused-ring (bicyclic) bond motifs is 7. The summed E-state index contributed by atoms with van der Waals surface area (Å²) in [6, 6.07) is 65.0. The Kier molecular flexibility index (Phi) is 6.18. The van der Waals surface area contributed by atoms with Crippen LogP contribution in [0.3, 0.4) is 0 Å². The molecule has 49 heavy (non-hydrogen) atoms. The smallest absolute Gasteiger partial charge is 0.137 e. The zero-order valence-corrected chi connectivity index (χ0v) is 26.6. The molecule has 0 aliphatic rings. The van der Waals surface area contributed by atoms with Crippen molar-refractivity contribution in [3.8, 4) is 16.8 Å². The summed E-state index contributed by atoms with van der Waals surface area (Å²) in [5.74, 6) is 0. The van der Waals surface area contributed by atoms with Crippen LogP contribution in [0.2, 0.25) is 0 Å². The lowest BCUT2D eigenvalue weighted by Crippen LogP contribution is -2.10. The fourth-order valence-electron chi connectivity index (χ4n) is 7.49. The predicted octanol–water partition coefficient (Wildman–Crippen LogP) is 13.0. The molecule has 8 aromatic carbocycles. The fourth-order valence-corrected chi connectivity index (χ4v) is 7.49. The molecule has 0 saturated heterocycles. The molecular formula is C46H30N2O. The summed E-state index contributed by atoms with van der Waals surface area (Å²) in [5, 5.41) is 7.03. The molecule has 0 aliphatic heterocycles. The second-order valence-electron chi connectivity index (χ2n) is 12.6. The Labute approximate surface area is 283 Å². The number of aromatic nitrogens is 1. The van der Waals surface area contributed by atoms with E-state index in [1.165, 1.54) is 38.2 Å². The molecular weight excluding hydrogens is 597 g/mol. The largest absolute Gasteiger partial charge is 0.456 e. The third-order valence-corrected chi connectivity index (χ3v) is 9.74.